The van der Waals surface area contributed by atoms with Gasteiger partial charge in [0.15, 0.2) is 0 Å². The van der Waals surface area contributed by atoms with Crippen LogP contribution in [-0.2, 0) is 9.59 Å². The van der Waals surface area contributed by atoms with E-state index in [1.54, 1.807) is 13.8 Å². The number of hydrogen-bond acceptors (Lipinski definition) is 4. The summed E-state index contributed by atoms with van der Waals surface area (Å²) in [6.07, 6.45) is 0.284. The van der Waals surface area contributed by atoms with Crippen molar-refractivity contribution in [1.29, 1.82) is 0 Å². The highest BCUT2D eigenvalue weighted by Crippen LogP contribution is 2.08. The van der Waals surface area contributed by atoms with Crippen molar-refractivity contribution in [1.82, 2.24) is 0 Å². The third kappa shape index (κ3) is 73.9. The second-order valence-corrected chi connectivity index (χ2v) is 7.66. The zero-order valence-electron chi connectivity index (χ0n) is 12.7. The molecular formula is C13H28O4S2. The maximum absolute atomic E-state index is 9.76. The molecule has 0 aliphatic rings. The monoisotopic (exact) mass is 312 g/mol. The molecule has 2 atom stereocenters. The molecule has 0 heterocycles. The lowest BCUT2D eigenvalue weighted by atomic mass is 10.0. The van der Waals surface area contributed by atoms with Gasteiger partial charge < -0.3 is 10.2 Å². The van der Waals surface area contributed by atoms with E-state index in [1.165, 1.54) is 0 Å². The topological polar surface area (TPSA) is 74.6 Å². The van der Waals surface area contributed by atoms with Gasteiger partial charge in [0, 0.05) is 10.5 Å². The Labute approximate surface area is 127 Å². The van der Waals surface area contributed by atoms with Crippen molar-refractivity contribution in [3.05, 3.63) is 0 Å². The minimum atomic E-state index is -0.789. The Bertz CT molecular complexity index is 220. The van der Waals surface area contributed by atoms with E-state index in [0.717, 1.165) is 0 Å². The van der Waals surface area contributed by atoms with Crippen molar-refractivity contribution >= 4 is 37.2 Å². The quantitative estimate of drug-likeness (QED) is 0.598. The van der Waals surface area contributed by atoms with Gasteiger partial charge in [0.2, 0.25) is 0 Å². The molecule has 0 bridgehead atoms. The molecule has 0 aromatic rings. The predicted octanol–water partition coefficient (Wildman–Crippen LogP) is 3.61. The molecule has 0 radical (unpaired) electrons. The van der Waals surface area contributed by atoms with Crippen LogP contribution in [0.3, 0.4) is 0 Å². The van der Waals surface area contributed by atoms with E-state index >= 15 is 0 Å². The second-order valence-electron chi connectivity index (χ2n) is 5.89. The number of carboxylic acid groups (broad SMARTS) is 2. The SMILES string of the molecule is CC(C)(C)C.CC(S)CC(=O)O.CC(S)CC(=O)O. The summed E-state index contributed by atoms with van der Waals surface area (Å²) in [6, 6.07) is 0. The van der Waals surface area contributed by atoms with Crippen LogP contribution < -0.4 is 0 Å². The molecule has 2 N–H and O–H groups in total. The highest BCUT2D eigenvalue weighted by Gasteiger charge is 2.00. The van der Waals surface area contributed by atoms with Gasteiger partial charge in [-0.05, 0) is 5.41 Å². The molecule has 0 saturated carbocycles. The van der Waals surface area contributed by atoms with Crippen molar-refractivity contribution in [2.45, 2.75) is 64.9 Å². The van der Waals surface area contributed by atoms with E-state index in [-0.39, 0.29) is 23.3 Å². The van der Waals surface area contributed by atoms with E-state index in [0.29, 0.717) is 5.41 Å². The van der Waals surface area contributed by atoms with Gasteiger partial charge in [0.25, 0.3) is 0 Å². The summed E-state index contributed by atoms with van der Waals surface area (Å²) in [4.78, 5) is 19.5. The summed E-state index contributed by atoms with van der Waals surface area (Å²) >= 11 is 7.71. The van der Waals surface area contributed by atoms with Crippen LogP contribution in [0.25, 0.3) is 0 Å². The van der Waals surface area contributed by atoms with Gasteiger partial charge in [0.1, 0.15) is 0 Å². The van der Waals surface area contributed by atoms with Crippen molar-refractivity contribution < 1.29 is 19.8 Å². The number of aliphatic carboxylic acids is 2. The summed E-state index contributed by atoms with van der Waals surface area (Å²) in [5, 5.41) is 16.0. The number of rotatable bonds is 4. The lowest BCUT2D eigenvalue weighted by molar-refractivity contribution is -0.137. The first-order chi connectivity index (χ1) is 8.25. The number of carboxylic acids is 2. The molecule has 0 aliphatic heterocycles. The Balaban J connectivity index is -0.000000206. The Hall–Kier alpha value is -0.360. The van der Waals surface area contributed by atoms with E-state index in [9.17, 15) is 9.59 Å². The largest absolute Gasteiger partial charge is 0.481 e. The van der Waals surface area contributed by atoms with Crippen LogP contribution in [0, 0.1) is 5.41 Å². The standard InChI is InChI=1S/C5H12.2C4H8O2S/c1-5(2,3)4;2*1-3(7)2-4(5)6/h1-4H3;2*3,7H,2H2,1H3,(H,5,6). The molecule has 116 valence electrons. The zero-order valence-corrected chi connectivity index (χ0v) is 14.5. The fourth-order valence-electron chi connectivity index (χ4n) is 0.505. The zero-order chi connectivity index (χ0) is 16.2. The van der Waals surface area contributed by atoms with E-state index in [2.05, 4.69) is 53.0 Å². The van der Waals surface area contributed by atoms with Gasteiger partial charge in [0.05, 0.1) is 12.8 Å². The first kappa shape index (κ1) is 23.7. The minimum absolute atomic E-state index is 0.0301. The average molecular weight is 312 g/mol. The van der Waals surface area contributed by atoms with Gasteiger partial charge in [-0.25, -0.2) is 0 Å². The Kier molecular flexibility index (Phi) is 15.8. The van der Waals surface area contributed by atoms with Crippen LogP contribution in [0.4, 0.5) is 0 Å². The van der Waals surface area contributed by atoms with Crippen LogP contribution in [0.15, 0.2) is 0 Å². The Morgan fingerprint density at radius 1 is 0.895 bits per heavy atom. The molecule has 0 rings (SSSR count). The normalized spacial score (nSPS) is 13.1. The summed E-state index contributed by atoms with van der Waals surface area (Å²) in [5.41, 5.74) is 0.500. The number of thiol groups is 2. The molecule has 19 heavy (non-hydrogen) atoms. The molecule has 4 nitrogen and oxygen atoms in total. The van der Waals surface area contributed by atoms with Crippen LogP contribution in [-0.4, -0.2) is 32.7 Å². The molecule has 0 fully saturated rings. The highest BCUT2D eigenvalue weighted by atomic mass is 32.1. The van der Waals surface area contributed by atoms with Gasteiger partial charge in [-0.1, -0.05) is 41.5 Å². The number of carbonyl (C=O) groups is 2. The molecular weight excluding hydrogens is 284 g/mol. The molecule has 0 aromatic carbocycles. The molecule has 2 unspecified atom stereocenters. The lowest BCUT2D eigenvalue weighted by Gasteiger charge is -2.05. The van der Waals surface area contributed by atoms with Crippen LogP contribution in [0.1, 0.15) is 54.4 Å². The second kappa shape index (κ2) is 12.7. The fourth-order valence-corrected chi connectivity index (χ4v) is 0.818. The van der Waals surface area contributed by atoms with Crippen LogP contribution in [0.2, 0.25) is 0 Å². The smallest absolute Gasteiger partial charge is 0.304 e. The average Bonchev–Trinajstić information content (AvgIpc) is 1.93. The summed E-state index contributed by atoms with van der Waals surface area (Å²) in [7, 11) is 0. The maximum Gasteiger partial charge on any atom is 0.304 e. The van der Waals surface area contributed by atoms with Gasteiger partial charge >= 0.3 is 11.9 Å². The molecule has 6 heteroatoms. The summed E-state index contributed by atoms with van der Waals surface area (Å²) in [5.74, 6) is -1.58. The molecule has 0 saturated heterocycles. The molecule has 0 spiro atoms. The van der Waals surface area contributed by atoms with E-state index in [4.69, 9.17) is 10.2 Å². The first-order valence-electron chi connectivity index (χ1n) is 6.05. The molecule has 0 aromatic heterocycles. The Morgan fingerprint density at radius 3 is 1.05 bits per heavy atom. The van der Waals surface area contributed by atoms with Crippen LogP contribution >= 0.6 is 25.3 Å². The first-order valence-corrected chi connectivity index (χ1v) is 7.08. The lowest BCUT2D eigenvalue weighted by Crippen LogP contribution is -2.01. The number of hydrogen-bond donors (Lipinski definition) is 4. The molecule has 0 amide bonds. The van der Waals surface area contributed by atoms with Crippen molar-refractivity contribution in [3.63, 3.8) is 0 Å². The van der Waals surface area contributed by atoms with E-state index < -0.39 is 11.9 Å². The maximum atomic E-state index is 9.76. The molecule has 0 aliphatic carbocycles. The van der Waals surface area contributed by atoms with Crippen LogP contribution in [0.5, 0.6) is 0 Å². The minimum Gasteiger partial charge on any atom is -0.481 e. The van der Waals surface area contributed by atoms with Gasteiger partial charge in [-0.15, -0.1) is 0 Å². The third-order valence-electron chi connectivity index (χ3n) is 0.940. The highest BCUT2D eigenvalue weighted by molar-refractivity contribution is 7.81. The van der Waals surface area contributed by atoms with Gasteiger partial charge in [-0.3, -0.25) is 9.59 Å². The predicted molar refractivity (Wildman–Crippen MR) is 86.5 cm³/mol. The third-order valence-corrected chi connectivity index (χ3v) is 1.31. The van der Waals surface area contributed by atoms with Gasteiger partial charge in [-0.2, -0.15) is 25.3 Å². The summed E-state index contributed by atoms with van der Waals surface area (Å²) in [6.45, 7) is 12.2. The van der Waals surface area contributed by atoms with Crippen molar-refractivity contribution in [2.75, 3.05) is 0 Å². The summed E-state index contributed by atoms with van der Waals surface area (Å²) < 4.78 is 0. The van der Waals surface area contributed by atoms with E-state index in [1.807, 2.05) is 0 Å². The Morgan fingerprint density at radius 2 is 1.05 bits per heavy atom. The van der Waals surface area contributed by atoms with Crippen molar-refractivity contribution in [3.8, 4) is 0 Å². The fraction of sp³-hybridized carbons (Fsp3) is 0.846. The van der Waals surface area contributed by atoms with Crippen molar-refractivity contribution in [2.24, 2.45) is 5.41 Å².